The second kappa shape index (κ2) is 7.40. The molecule has 3 atom stereocenters. The summed E-state index contributed by atoms with van der Waals surface area (Å²) in [7, 11) is 0. The maximum atomic E-state index is 13.0. The molecule has 2 aliphatic rings. The Morgan fingerprint density at radius 1 is 1.00 bits per heavy atom. The van der Waals surface area contributed by atoms with Gasteiger partial charge < -0.3 is 4.74 Å². The molecule has 1 aliphatic heterocycles. The highest BCUT2D eigenvalue weighted by Crippen LogP contribution is 2.44. The molecule has 0 bridgehead atoms. The van der Waals surface area contributed by atoms with Gasteiger partial charge in [-0.2, -0.15) is 0 Å². The number of anilines is 1. The number of nitrogens with zero attached hydrogens (tertiary/aromatic N) is 1. The summed E-state index contributed by atoms with van der Waals surface area (Å²) in [6, 6.07) is 13.0. The van der Waals surface area contributed by atoms with Crippen molar-refractivity contribution in [2.24, 2.45) is 17.8 Å². The fraction of sp³-hybridized carbons (Fsp3) is 0.318. The summed E-state index contributed by atoms with van der Waals surface area (Å²) in [4.78, 5) is 39.6. The number of hydrogen-bond donors (Lipinski definition) is 0. The average Bonchev–Trinajstić information content (AvgIpc) is 2.93. The van der Waals surface area contributed by atoms with Crippen LogP contribution in [0, 0.1) is 17.8 Å². The first-order valence-electron chi connectivity index (χ1n) is 9.40. The van der Waals surface area contributed by atoms with Crippen molar-refractivity contribution in [3.8, 4) is 5.75 Å². The predicted molar refractivity (Wildman–Crippen MR) is 105 cm³/mol. The lowest BCUT2D eigenvalue weighted by molar-refractivity contribution is -0.122. The zero-order chi connectivity index (χ0) is 19.8. The Balaban J connectivity index is 1.63. The Hall–Kier alpha value is -2.66. The monoisotopic (exact) mass is 397 g/mol. The van der Waals surface area contributed by atoms with E-state index in [1.54, 1.807) is 48.5 Å². The molecule has 5 nitrogen and oxygen atoms in total. The SMILES string of the molecule is C[C@@H]1CC[C@@H]2C(=O)N(c3ccccc3OC(=O)c3ccc(Cl)cc3)C(=O)[C@@H]2C1. The van der Waals surface area contributed by atoms with Crippen molar-refractivity contribution in [3.05, 3.63) is 59.1 Å². The van der Waals surface area contributed by atoms with Gasteiger partial charge in [0.2, 0.25) is 11.8 Å². The van der Waals surface area contributed by atoms with E-state index in [1.165, 1.54) is 4.90 Å². The second-order valence-corrected chi connectivity index (χ2v) is 7.94. The highest BCUT2D eigenvalue weighted by molar-refractivity contribution is 6.30. The lowest BCUT2D eigenvalue weighted by atomic mass is 9.76. The third-order valence-corrected chi connectivity index (χ3v) is 5.83. The van der Waals surface area contributed by atoms with Crippen LogP contribution in [0.2, 0.25) is 5.02 Å². The van der Waals surface area contributed by atoms with Crippen molar-refractivity contribution in [2.45, 2.75) is 26.2 Å². The van der Waals surface area contributed by atoms with Crippen LogP contribution in [-0.4, -0.2) is 17.8 Å². The van der Waals surface area contributed by atoms with Crippen molar-refractivity contribution >= 4 is 35.1 Å². The van der Waals surface area contributed by atoms with E-state index < -0.39 is 5.97 Å². The number of carbonyl (C=O) groups excluding carboxylic acids is 3. The molecule has 28 heavy (non-hydrogen) atoms. The fourth-order valence-corrected chi connectivity index (χ4v) is 4.23. The summed E-state index contributed by atoms with van der Waals surface area (Å²) in [5.74, 6) is -0.908. The smallest absolute Gasteiger partial charge is 0.343 e. The van der Waals surface area contributed by atoms with Gasteiger partial charge in [-0.25, -0.2) is 9.69 Å². The maximum absolute atomic E-state index is 13.0. The Kier molecular flexibility index (Phi) is 4.94. The van der Waals surface area contributed by atoms with E-state index in [4.69, 9.17) is 16.3 Å². The number of rotatable bonds is 3. The number of para-hydroxylation sites is 2. The molecular weight excluding hydrogens is 378 g/mol. The molecule has 2 aromatic carbocycles. The minimum atomic E-state index is -0.575. The number of halogens is 1. The third kappa shape index (κ3) is 3.31. The molecular formula is C22H20ClNO4. The summed E-state index contributed by atoms with van der Waals surface area (Å²) in [5.41, 5.74) is 0.655. The fourth-order valence-electron chi connectivity index (χ4n) is 4.10. The number of hydrogen-bond acceptors (Lipinski definition) is 4. The molecule has 6 heteroatoms. The van der Waals surface area contributed by atoms with Crippen molar-refractivity contribution in [1.82, 2.24) is 0 Å². The Bertz CT molecular complexity index is 940. The van der Waals surface area contributed by atoms with Gasteiger partial charge >= 0.3 is 5.97 Å². The van der Waals surface area contributed by atoms with Crippen molar-refractivity contribution < 1.29 is 19.1 Å². The number of ether oxygens (including phenoxy) is 1. The standard InChI is InChI=1S/C22H20ClNO4/c1-13-6-11-16-17(12-13)21(26)24(20(16)25)18-4-2-3-5-19(18)28-22(27)14-7-9-15(23)10-8-14/h2-5,7-10,13,16-17H,6,11-12H2,1H3/t13-,16+,17-/m1/s1. The zero-order valence-electron chi connectivity index (χ0n) is 15.4. The van der Waals surface area contributed by atoms with E-state index >= 15 is 0 Å². The van der Waals surface area contributed by atoms with Crippen LogP contribution in [0.4, 0.5) is 5.69 Å². The minimum Gasteiger partial charge on any atom is -0.421 e. The number of fused-ring (bicyclic) bond motifs is 1. The van der Waals surface area contributed by atoms with Crippen molar-refractivity contribution in [1.29, 1.82) is 0 Å². The quantitative estimate of drug-likeness (QED) is 0.435. The van der Waals surface area contributed by atoms with E-state index in [2.05, 4.69) is 6.92 Å². The van der Waals surface area contributed by atoms with E-state index in [0.29, 0.717) is 22.2 Å². The van der Waals surface area contributed by atoms with Gasteiger partial charge in [-0.1, -0.05) is 30.7 Å². The van der Waals surface area contributed by atoms with Crippen LogP contribution < -0.4 is 9.64 Å². The number of carbonyl (C=O) groups is 3. The molecule has 1 saturated heterocycles. The summed E-state index contributed by atoms with van der Waals surface area (Å²) in [5, 5.41) is 0.516. The van der Waals surface area contributed by atoms with Crippen LogP contribution in [-0.2, 0) is 9.59 Å². The Labute approximate surface area is 168 Å². The zero-order valence-corrected chi connectivity index (χ0v) is 16.2. The van der Waals surface area contributed by atoms with Crippen LogP contribution in [0.15, 0.2) is 48.5 Å². The normalized spacial score (nSPS) is 24.2. The van der Waals surface area contributed by atoms with Gasteiger partial charge in [-0.3, -0.25) is 9.59 Å². The minimum absolute atomic E-state index is 0.191. The van der Waals surface area contributed by atoms with Crippen LogP contribution in [0.3, 0.4) is 0 Å². The Morgan fingerprint density at radius 3 is 2.43 bits per heavy atom. The van der Waals surface area contributed by atoms with Crippen molar-refractivity contribution in [3.63, 3.8) is 0 Å². The molecule has 2 fully saturated rings. The summed E-state index contributed by atoms with van der Waals surface area (Å²) in [6.45, 7) is 2.11. The highest BCUT2D eigenvalue weighted by atomic mass is 35.5. The third-order valence-electron chi connectivity index (χ3n) is 5.58. The van der Waals surface area contributed by atoms with Gasteiger partial charge in [0.1, 0.15) is 0 Å². The molecule has 1 heterocycles. The van der Waals surface area contributed by atoms with E-state index in [1.807, 2.05) is 0 Å². The van der Waals surface area contributed by atoms with Gasteiger partial charge in [0, 0.05) is 5.02 Å². The number of imide groups is 1. The molecule has 0 unspecified atom stereocenters. The largest absolute Gasteiger partial charge is 0.421 e. The molecule has 4 rings (SSSR count). The average molecular weight is 398 g/mol. The van der Waals surface area contributed by atoms with Crippen LogP contribution in [0.5, 0.6) is 5.75 Å². The van der Waals surface area contributed by atoms with Crippen molar-refractivity contribution in [2.75, 3.05) is 4.90 Å². The van der Waals surface area contributed by atoms with E-state index in [0.717, 1.165) is 19.3 Å². The number of esters is 1. The van der Waals surface area contributed by atoms with E-state index in [9.17, 15) is 14.4 Å². The van der Waals surface area contributed by atoms with Crippen LogP contribution in [0.25, 0.3) is 0 Å². The lowest BCUT2D eigenvalue weighted by Crippen LogP contribution is -2.31. The molecule has 0 N–H and O–H groups in total. The van der Waals surface area contributed by atoms with Gasteiger partial charge in [-0.05, 0) is 61.6 Å². The lowest BCUT2D eigenvalue weighted by Gasteiger charge is -2.25. The molecule has 1 saturated carbocycles. The van der Waals surface area contributed by atoms with E-state index in [-0.39, 0.29) is 29.4 Å². The number of benzene rings is 2. The summed E-state index contributed by atoms with van der Waals surface area (Å²) >= 11 is 5.86. The first kappa shape index (κ1) is 18.7. The first-order chi connectivity index (χ1) is 13.5. The van der Waals surface area contributed by atoms with Gasteiger partial charge in [0.25, 0.3) is 0 Å². The van der Waals surface area contributed by atoms with Gasteiger partial charge in [0.15, 0.2) is 5.75 Å². The Morgan fingerprint density at radius 2 is 1.68 bits per heavy atom. The molecule has 144 valence electrons. The van der Waals surface area contributed by atoms with Gasteiger partial charge in [-0.15, -0.1) is 0 Å². The molecule has 2 aromatic rings. The number of amides is 2. The second-order valence-electron chi connectivity index (χ2n) is 7.51. The van der Waals surface area contributed by atoms with Crippen LogP contribution in [0.1, 0.15) is 36.5 Å². The molecule has 1 aliphatic carbocycles. The molecule has 0 spiro atoms. The summed E-state index contributed by atoms with van der Waals surface area (Å²) < 4.78 is 5.53. The highest BCUT2D eigenvalue weighted by Gasteiger charge is 2.50. The first-order valence-corrected chi connectivity index (χ1v) is 9.78. The maximum Gasteiger partial charge on any atom is 0.343 e. The summed E-state index contributed by atoms with van der Waals surface area (Å²) in [6.07, 6.45) is 2.39. The predicted octanol–water partition coefficient (Wildman–Crippen LogP) is 4.48. The molecule has 2 amide bonds. The van der Waals surface area contributed by atoms with Crippen LogP contribution >= 0.6 is 11.6 Å². The van der Waals surface area contributed by atoms with Gasteiger partial charge in [0.05, 0.1) is 23.1 Å². The topological polar surface area (TPSA) is 63.7 Å². The molecule has 0 radical (unpaired) electrons. The molecule has 0 aromatic heterocycles.